The maximum atomic E-state index is 11.9. The first-order chi connectivity index (χ1) is 10.1. The number of amides is 1. The molecule has 3 N–H and O–H groups in total. The molecule has 4 heteroatoms. The van der Waals surface area contributed by atoms with Crippen molar-refractivity contribution < 1.29 is 4.79 Å². The average molecular weight is 345 g/mol. The SMILES string of the molecule is NC(Cc1ccc(Br)cc1)c1ccc2c(c1)C(=O)NCC2. The first-order valence-corrected chi connectivity index (χ1v) is 7.84. The molecule has 0 saturated carbocycles. The Kier molecular flexibility index (Phi) is 4.08. The van der Waals surface area contributed by atoms with Gasteiger partial charge in [-0.3, -0.25) is 4.79 Å². The highest BCUT2D eigenvalue weighted by Crippen LogP contribution is 2.22. The van der Waals surface area contributed by atoms with Crippen molar-refractivity contribution in [2.75, 3.05) is 6.54 Å². The molecule has 0 saturated heterocycles. The van der Waals surface area contributed by atoms with Crippen molar-refractivity contribution in [1.82, 2.24) is 5.32 Å². The molecule has 0 spiro atoms. The van der Waals surface area contributed by atoms with Crippen LogP contribution >= 0.6 is 15.9 Å². The molecule has 0 radical (unpaired) electrons. The van der Waals surface area contributed by atoms with E-state index in [9.17, 15) is 4.79 Å². The molecule has 3 nitrogen and oxygen atoms in total. The average Bonchev–Trinajstić information content (AvgIpc) is 2.50. The van der Waals surface area contributed by atoms with Crippen molar-refractivity contribution in [2.45, 2.75) is 18.9 Å². The summed E-state index contributed by atoms with van der Waals surface area (Å²) in [5.41, 5.74) is 10.4. The summed E-state index contributed by atoms with van der Waals surface area (Å²) in [7, 11) is 0. The molecule has 0 fully saturated rings. The molecule has 3 rings (SSSR count). The number of nitrogens with one attached hydrogen (secondary N) is 1. The van der Waals surface area contributed by atoms with Gasteiger partial charge in [0, 0.05) is 22.6 Å². The lowest BCUT2D eigenvalue weighted by Crippen LogP contribution is -2.32. The number of rotatable bonds is 3. The number of benzene rings is 2. The molecular weight excluding hydrogens is 328 g/mol. The summed E-state index contributed by atoms with van der Waals surface area (Å²) >= 11 is 3.43. The smallest absolute Gasteiger partial charge is 0.251 e. The fourth-order valence-corrected chi connectivity index (χ4v) is 2.92. The van der Waals surface area contributed by atoms with Gasteiger partial charge in [-0.2, -0.15) is 0 Å². The lowest BCUT2D eigenvalue weighted by atomic mass is 9.93. The van der Waals surface area contributed by atoms with Crippen LogP contribution in [0.5, 0.6) is 0 Å². The third kappa shape index (κ3) is 3.17. The molecule has 1 amide bonds. The van der Waals surface area contributed by atoms with E-state index >= 15 is 0 Å². The third-order valence-corrected chi connectivity index (χ3v) is 4.38. The zero-order valence-electron chi connectivity index (χ0n) is 11.6. The van der Waals surface area contributed by atoms with Crippen LogP contribution in [0.15, 0.2) is 46.9 Å². The van der Waals surface area contributed by atoms with Crippen molar-refractivity contribution in [3.05, 3.63) is 69.2 Å². The quantitative estimate of drug-likeness (QED) is 0.899. The van der Waals surface area contributed by atoms with Crippen molar-refractivity contribution >= 4 is 21.8 Å². The Labute approximate surface area is 132 Å². The van der Waals surface area contributed by atoms with Crippen molar-refractivity contribution in [1.29, 1.82) is 0 Å². The molecule has 0 bridgehead atoms. The van der Waals surface area contributed by atoms with Gasteiger partial charge < -0.3 is 11.1 Å². The number of fused-ring (bicyclic) bond motifs is 1. The summed E-state index contributed by atoms with van der Waals surface area (Å²) in [6.45, 7) is 0.718. The molecule has 1 aliphatic heterocycles. The largest absolute Gasteiger partial charge is 0.352 e. The van der Waals surface area contributed by atoms with Crippen molar-refractivity contribution in [3.8, 4) is 0 Å². The van der Waals surface area contributed by atoms with Crippen LogP contribution in [0.1, 0.15) is 33.1 Å². The summed E-state index contributed by atoms with van der Waals surface area (Å²) < 4.78 is 1.06. The Morgan fingerprint density at radius 1 is 1.19 bits per heavy atom. The highest BCUT2D eigenvalue weighted by atomic mass is 79.9. The summed E-state index contributed by atoms with van der Waals surface area (Å²) in [4.78, 5) is 11.9. The van der Waals surface area contributed by atoms with Crippen molar-refractivity contribution in [3.63, 3.8) is 0 Å². The second kappa shape index (κ2) is 6.00. The second-order valence-electron chi connectivity index (χ2n) is 5.36. The van der Waals surface area contributed by atoms with Gasteiger partial charge in [0.15, 0.2) is 0 Å². The molecule has 1 unspecified atom stereocenters. The minimum Gasteiger partial charge on any atom is -0.352 e. The van der Waals surface area contributed by atoms with Crippen LogP contribution < -0.4 is 11.1 Å². The Morgan fingerprint density at radius 2 is 1.95 bits per heavy atom. The van der Waals surface area contributed by atoms with Gasteiger partial charge in [-0.25, -0.2) is 0 Å². The van der Waals surface area contributed by atoms with Gasteiger partial charge in [-0.1, -0.05) is 40.2 Å². The van der Waals surface area contributed by atoms with E-state index in [1.54, 1.807) is 0 Å². The first-order valence-electron chi connectivity index (χ1n) is 7.04. The standard InChI is InChI=1S/C17H17BrN2O/c18-14-5-1-11(2-6-14)9-16(19)13-4-3-12-7-8-20-17(21)15(12)10-13/h1-6,10,16H,7-9,19H2,(H,20,21). The van der Waals surface area contributed by atoms with Crippen LogP contribution in [0.2, 0.25) is 0 Å². The Hall–Kier alpha value is -1.65. The van der Waals surface area contributed by atoms with E-state index in [4.69, 9.17) is 5.73 Å². The maximum Gasteiger partial charge on any atom is 0.251 e. The first kappa shape index (κ1) is 14.3. The summed E-state index contributed by atoms with van der Waals surface area (Å²) in [5.74, 6) is 0.00828. The highest BCUT2D eigenvalue weighted by Gasteiger charge is 2.18. The molecule has 0 aromatic heterocycles. The molecule has 1 heterocycles. The van der Waals surface area contributed by atoms with Gasteiger partial charge in [-0.05, 0) is 47.7 Å². The molecule has 0 aliphatic carbocycles. The van der Waals surface area contributed by atoms with E-state index in [2.05, 4.69) is 33.4 Å². The van der Waals surface area contributed by atoms with Crippen LogP contribution in [-0.4, -0.2) is 12.5 Å². The topological polar surface area (TPSA) is 55.1 Å². The minimum atomic E-state index is -0.105. The van der Waals surface area contributed by atoms with Gasteiger partial charge in [0.05, 0.1) is 0 Å². The van der Waals surface area contributed by atoms with Crippen LogP contribution in [0.4, 0.5) is 0 Å². The third-order valence-electron chi connectivity index (χ3n) is 3.86. The molecule has 1 aliphatic rings. The van der Waals surface area contributed by atoms with Gasteiger partial charge in [0.25, 0.3) is 5.91 Å². The molecular formula is C17H17BrN2O. The Bertz CT molecular complexity index is 667. The lowest BCUT2D eigenvalue weighted by molar-refractivity contribution is 0.0946. The number of carbonyl (C=O) groups is 1. The predicted octanol–water partition coefficient (Wildman–Crippen LogP) is 2.98. The normalized spacial score (nSPS) is 15.2. The molecule has 108 valence electrons. The van der Waals surface area contributed by atoms with Crippen molar-refractivity contribution in [2.24, 2.45) is 5.73 Å². The number of halogens is 1. The van der Waals surface area contributed by atoms with E-state index in [0.29, 0.717) is 0 Å². The number of hydrogen-bond acceptors (Lipinski definition) is 2. The van der Waals surface area contributed by atoms with Gasteiger partial charge >= 0.3 is 0 Å². The predicted molar refractivity (Wildman–Crippen MR) is 87.3 cm³/mol. The van der Waals surface area contributed by atoms with Crippen LogP contribution in [-0.2, 0) is 12.8 Å². The number of nitrogens with two attached hydrogens (primary N) is 1. The van der Waals surface area contributed by atoms with E-state index in [0.717, 1.165) is 40.5 Å². The number of carbonyl (C=O) groups excluding carboxylic acids is 1. The van der Waals surface area contributed by atoms with E-state index in [1.807, 2.05) is 30.3 Å². The minimum absolute atomic E-state index is 0.00828. The fraction of sp³-hybridized carbons (Fsp3) is 0.235. The Balaban J connectivity index is 1.81. The van der Waals surface area contributed by atoms with Gasteiger partial charge in [0.1, 0.15) is 0 Å². The highest BCUT2D eigenvalue weighted by molar-refractivity contribution is 9.10. The fourth-order valence-electron chi connectivity index (χ4n) is 2.65. The molecule has 2 aromatic carbocycles. The van der Waals surface area contributed by atoms with E-state index < -0.39 is 0 Å². The maximum absolute atomic E-state index is 11.9. The summed E-state index contributed by atoms with van der Waals surface area (Å²) in [5, 5.41) is 2.88. The zero-order chi connectivity index (χ0) is 14.8. The summed E-state index contributed by atoms with van der Waals surface area (Å²) in [6.07, 6.45) is 1.65. The number of hydrogen-bond donors (Lipinski definition) is 2. The molecule has 21 heavy (non-hydrogen) atoms. The molecule has 2 aromatic rings. The zero-order valence-corrected chi connectivity index (χ0v) is 13.2. The Morgan fingerprint density at radius 3 is 2.71 bits per heavy atom. The van der Waals surface area contributed by atoms with Crippen LogP contribution in [0.25, 0.3) is 0 Å². The summed E-state index contributed by atoms with van der Waals surface area (Å²) in [6, 6.07) is 14.1. The van der Waals surface area contributed by atoms with E-state index in [1.165, 1.54) is 5.56 Å². The van der Waals surface area contributed by atoms with Gasteiger partial charge in [0.2, 0.25) is 0 Å². The lowest BCUT2D eigenvalue weighted by Gasteiger charge is -2.19. The van der Waals surface area contributed by atoms with E-state index in [-0.39, 0.29) is 11.9 Å². The second-order valence-corrected chi connectivity index (χ2v) is 6.28. The monoisotopic (exact) mass is 344 g/mol. The van der Waals surface area contributed by atoms with Crippen LogP contribution in [0, 0.1) is 0 Å². The van der Waals surface area contributed by atoms with Gasteiger partial charge in [-0.15, -0.1) is 0 Å². The molecule has 1 atom stereocenters. The van der Waals surface area contributed by atoms with Crippen LogP contribution in [0.3, 0.4) is 0 Å².